The molecule has 0 spiro atoms. The number of esters is 1. The minimum atomic E-state index is -0.426. The van der Waals surface area contributed by atoms with Crippen LogP contribution in [0.4, 0.5) is 0 Å². The number of carbonyl (C=O) groups excluding carboxylic acids is 1. The average Bonchev–Trinajstić information content (AvgIpc) is 2.59. The summed E-state index contributed by atoms with van der Waals surface area (Å²) in [5.41, 5.74) is -0.426. The Morgan fingerprint density at radius 2 is 2.19 bits per heavy atom. The monoisotopic (exact) mass is 228 g/mol. The summed E-state index contributed by atoms with van der Waals surface area (Å²) >= 11 is 0. The minimum absolute atomic E-state index is 0.0390. The fourth-order valence-electron chi connectivity index (χ4n) is 2.24. The van der Waals surface area contributed by atoms with Crippen LogP contribution in [0.1, 0.15) is 47.0 Å². The van der Waals surface area contributed by atoms with Crippen molar-refractivity contribution in [2.75, 3.05) is 13.2 Å². The normalized spacial score (nSPS) is 29.7. The molecular formula is C13H24O3. The highest BCUT2D eigenvalue weighted by molar-refractivity contribution is 5.77. The Labute approximate surface area is 98.5 Å². The molecule has 0 bridgehead atoms. The van der Waals surface area contributed by atoms with Gasteiger partial charge in [-0.05, 0) is 39.0 Å². The van der Waals surface area contributed by atoms with Crippen LogP contribution in [-0.2, 0) is 14.3 Å². The molecule has 0 saturated heterocycles. The maximum Gasteiger partial charge on any atom is 0.314 e. The molecule has 0 aliphatic heterocycles. The standard InChI is InChI=1S/C13H24O3/c1-5-15-11-7-6-8-13(11,4)12(14)16-9-10(2)3/h10-11H,5-9H2,1-4H3. The quantitative estimate of drug-likeness (QED) is 0.679. The van der Waals surface area contributed by atoms with Gasteiger partial charge in [-0.3, -0.25) is 4.79 Å². The SMILES string of the molecule is CCOC1CCCC1(C)C(=O)OCC(C)C. The van der Waals surface area contributed by atoms with Crippen molar-refractivity contribution in [3.05, 3.63) is 0 Å². The highest BCUT2D eigenvalue weighted by Gasteiger charge is 2.46. The molecule has 0 aromatic rings. The van der Waals surface area contributed by atoms with Crippen LogP contribution >= 0.6 is 0 Å². The largest absolute Gasteiger partial charge is 0.465 e. The third kappa shape index (κ3) is 2.97. The van der Waals surface area contributed by atoms with Gasteiger partial charge in [0, 0.05) is 6.61 Å². The molecule has 0 N–H and O–H groups in total. The second kappa shape index (κ2) is 5.67. The predicted octanol–water partition coefficient (Wildman–Crippen LogP) is 2.78. The summed E-state index contributed by atoms with van der Waals surface area (Å²) in [6.07, 6.45) is 2.95. The first-order chi connectivity index (χ1) is 7.50. The molecule has 1 rings (SSSR count). The van der Waals surface area contributed by atoms with E-state index in [1.165, 1.54) is 0 Å². The van der Waals surface area contributed by atoms with Crippen LogP contribution in [0.15, 0.2) is 0 Å². The van der Waals surface area contributed by atoms with Crippen molar-refractivity contribution in [2.24, 2.45) is 11.3 Å². The molecule has 2 unspecified atom stereocenters. The van der Waals surface area contributed by atoms with Crippen LogP contribution in [-0.4, -0.2) is 25.3 Å². The first-order valence-electron chi connectivity index (χ1n) is 6.29. The average molecular weight is 228 g/mol. The van der Waals surface area contributed by atoms with E-state index in [0.29, 0.717) is 19.1 Å². The van der Waals surface area contributed by atoms with Crippen LogP contribution < -0.4 is 0 Å². The van der Waals surface area contributed by atoms with Crippen LogP contribution in [0.2, 0.25) is 0 Å². The first-order valence-corrected chi connectivity index (χ1v) is 6.29. The molecule has 0 aromatic heterocycles. The van der Waals surface area contributed by atoms with Crippen molar-refractivity contribution in [3.63, 3.8) is 0 Å². The summed E-state index contributed by atoms with van der Waals surface area (Å²) in [4.78, 5) is 12.1. The Bertz CT molecular complexity index is 237. The third-order valence-corrected chi connectivity index (χ3v) is 3.25. The highest BCUT2D eigenvalue weighted by atomic mass is 16.5. The van der Waals surface area contributed by atoms with E-state index in [1.807, 2.05) is 27.7 Å². The van der Waals surface area contributed by atoms with Crippen molar-refractivity contribution in [1.82, 2.24) is 0 Å². The van der Waals surface area contributed by atoms with E-state index in [2.05, 4.69) is 0 Å². The molecule has 1 aliphatic rings. The summed E-state index contributed by atoms with van der Waals surface area (Å²) in [6.45, 7) is 9.21. The molecule has 1 saturated carbocycles. The van der Waals surface area contributed by atoms with Crippen LogP contribution in [0, 0.1) is 11.3 Å². The molecule has 3 nitrogen and oxygen atoms in total. The van der Waals surface area contributed by atoms with Gasteiger partial charge >= 0.3 is 5.97 Å². The van der Waals surface area contributed by atoms with Gasteiger partial charge in [-0.15, -0.1) is 0 Å². The van der Waals surface area contributed by atoms with Crippen molar-refractivity contribution in [1.29, 1.82) is 0 Å². The van der Waals surface area contributed by atoms with Gasteiger partial charge in [-0.1, -0.05) is 13.8 Å². The first kappa shape index (κ1) is 13.5. The predicted molar refractivity (Wildman–Crippen MR) is 63.2 cm³/mol. The molecular weight excluding hydrogens is 204 g/mol. The summed E-state index contributed by atoms with van der Waals surface area (Å²) < 4.78 is 11.0. The molecule has 0 heterocycles. The Hall–Kier alpha value is -0.570. The molecule has 2 atom stereocenters. The number of rotatable bonds is 5. The third-order valence-electron chi connectivity index (χ3n) is 3.25. The molecule has 0 radical (unpaired) electrons. The Kier molecular flexibility index (Phi) is 4.78. The van der Waals surface area contributed by atoms with Gasteiger partial charge in [0.25, 0.3) is 0 Å². The van der Waals surface area contributed by atoms with E-state index in [9.17, 15) is 4.79 Å². The van der Waals surface area contributed by atoms with Gasteiger partial charge in [0.15, 0.2) is 0 Å². The fourth-order valence-corrected chi connectivity index (χ4v) is 2.24. The zero-order valence-electron chi connectivity index (χ0n) is 10.9. The number of carbonyl (C=O) groups is 1. The summed E-state index contributed by atoms with van der Waals surface area (Å²) in [5, 5.41) is 0. The minimum Gasteiger partial charge on any atom is -0.465 e. The molecule has 16 heavy (non-hydrogen) atoms. The number of hydrogen-bond acceptors (Lipinski definition) is 3. The maximum atomic E-state index is 12.1. The number of ether oxygens (including phenoxy) is 2. The van der Waals surface area contributed by atoms with Crippen LogP contribution in [0.3, 0.4) is 0 Å². The van der Waals surface area contributed by atoms with E-state index in [-0.39, 0.29) is 12.1 Å². The van der Waals surface area contributed by atoms with E-state index in [0.717, 1.165) is 19.3 Å². The lowest BCUT2D eigenvalue weighted by atomic mass is 9.86. The zero-order valence-corrected chi connectivity index (χ0v) is 10.9. The molecule has 3 heteroatoms. The molecule has 1 fully saturated rings. The Balaban J connectivity index is 2.57. The van der Waals surface area contributed by atoms with Gasteiger partial charge in [-0.2, -0.15) is 0 Å². The summed E-state index contributed by atoms with van der Waals surface area (Å²) in [6, 6.07) is 0. The number of hydrogen-bond donors (Lipinski definition) is 0. The van der Waals surface area contributed by atoms with E-state index in [4.69, 9.17) is 9.47 Å². The van der Waals surface area contributed by atoms with Crippen molar-refractivity contribution >= 4 is 5.97 Å². The van der Waals surface area contributed by atoms with E-state index >= 15 is 0 Å². The molecule has 94 valence electrons. The van der Waals surface area contributed by atoms with Gasteiger partial charge in [-0.25, -0.2) is 0 Å². The molecule has 0 amide bonds. The van der Waals surface area contributed by atoms with Crippen molar-refractivity contribution in [2.45, 2.75) is 53.1 Å². The summed E-state index contributed by atoms with van der Waals surface area (Å²) in [5.74, 6) is 0.302. The van der Waals surface area contributed by atoms with Gasteiger partial charge < -0.3 is 9.47 Å². The lowest BCUT2D eigenvalue weighted by Crippen LogP contribution is -2.39. The smallest absolute Gasteiger partial charge is 0.314 e. The maximum absolute atomic E-state index is 12.1. The topological polar surface area (TPSA) is 35.5 Å². The van der Waals surface area contributed by atoms with Crippen molar-refractivity contribution < 1.29 is 14.3 Å². The summed E-state index contributed by atoms with van der Waals surface area (Å²) in [7, 11) is 0. The zero-order chi connectivity index (χ0) is 12.2. The van der Waals surface area contributed by atoms with Crippen LogP contribution in [0.25, 0.3) is 0 Å². The van der Waals surface area contributed by atoms with Gasteiger partial charge in [0.1, 0.15) is 0 Å². The lowest BCUT2D eigenvalue weighted by Gasteiger charge is -2.29. The van der Waals surface area contributed by atoms with E-state index in [1.54, 1.807) is 0 Å². The van der Waals surface area contributed by atoms with Crippen molar-refractivity contribution in [3.8, 4) is 0 Å². The highest BCUT2D eigenvalue weighted by Crippen LogP contribution is 2.41. The Morgan fingerprint density at radius 3 is 2.75 bits per heavy atom. The Morgan fingerprint density at radius 1 is 1.50 bits per heavy atom. The van der Waals surface area contributed by atoms with Crippen LogP contribution in [0.5, 0.6) is 0 Å². The molecule has 0 aromatic carbocycles. The van der Waals surface area contributed by atoms with E-state index < -0.39 is 5.41 Å². The second-order valence-electron chi connectivity index (χ2n) is 5.25. The lowest BCUT2D eigenvalue weighted by molar-refractivity contribution is -0.163. The van der Waals surface area contributed by atoms with Gasteiger partial charge in [0.2, 0.25) is 0 Å². The van der Waals surface area contributed by atoms with Gasteiger partial charge in [0.05, 0.1) is 18.1 Å². The molecule has 1 aliphatic carbocycles. The second-order valence-corrected chi connectivity index (χ2v) is 5.25. The fraction of sp³-hybridized carbons (Fsp3) is 0.923.